The minimum absolute atomic E-state index is 0.00628. The lowest BCUT2D eigenvalue weighted by molar-refractivity contribution is -0.138. The van der Waals surface area contributed by atoms with Crippen LogP contribution in [0.25, 0.3) is 33.4 Å². The number of amides is 1. The number of carboxylic acids is 1. The van der Waals surface area contributed by atoms with Crippen LogP contribution >= 0.6 is 0 Å². The molecule has 2 atom stereocenters. The van der Waals surface area contributed by atoms with Crippen molar-refractivity contribution < 1.29 is 28.7 Å². The summed E-state index contributed by atoms with van der Waals surface area (Å²) in [4.78, 5) is 54.3. The molecule has 278 valence electrons. The molecule has 0 fully saturated rings. The summed E-state index contributed by atoms with van der Waals surface area (Å²) in [5.74, 6) is -0.380. The number of carboxylic acid groups (broad SMARTS) is 1. The molecule has 8 nitrogen and oxygen atoms in total. The Balaban J connectivity index is 1.72. The summed E-state index contributed by atoms with van der Waals surface area (Å²) < 4.78 is 6.48. The van der Waals surface area contributed by atoms with E-state index in [0.717, 1.165) is 46.4 Å². The van der Waals surface area contributed by atoms with E-state index >= 15 is 0 Å². The smallest absolute Gasteiger partial charge is 0.303 e. The number of nitrogens with zero attached hydrogens (tertiary/aromatic N) is 1. The molecule has 0 unspecified atom stereocenters. The summed E-state index contributed by atoms with van der Waals surface area (Å²) in [7, 11) is 0. The van der Waals surface area contributed by atoms with Gasteiger partial charge < -0.3 is 19.7 Å². The highest BCUT2D eigenvalue weighted by molar-refractivity contribution is 6.13. The van der Waals surface area contributed by atoms with Crippen LogP contribution in [0.3, 0.4) is 0 Å². The highest BCUT2D eigenvalue weighted by Gasteiger charge is 2.26. The zero-order valence-corrected chi connectivity index (χ0v) is 32.2. The Kier molecular flexibility index (Phi) is 14.0. The van der Waals surface area contributed by atoms with E-state index in [1.807, 2.05) is 82.3 Å². The minimum Gasteiger partial charge on any atom is -0.481 e. The molecule has 1 amide bonds. The van der Waals surface area contributed by atoms with Crippen molar-refractivity contribution in [3.8, 4) is 22.5 Å². The Labute approximate surface area is 309 Å². The maximum Gasteiger partial charge on any atom is 0.303 e. The molecule has 3 aromatic carbocycles. The number of Topliss-reactive ketones (excluding diaryl/α,β-unsaturated/α-hetero) is 2. The van der Waals surface area contributed by atoms with E-state index in [9.17, 15) is 24.3 Å². The molecule has 1 heterocycles. The maximum atomic E-state index is 13.9. The number of hydrogen-bond donors (Lipinski definition) is 2. The number of aryl methyl sites for hydroxylation is 1. The van der Waals surface area contributed by atoms with Gasteiger partial charge in [0.2, 0.25) is 0 Å². The number of aliphatic carboxylic acids is 1. The van der Waals surface area contributed by atoms with Crippen molar-refractivity contribution >= 4 is 40.1 Å². The summed E-state index contributed by atoms with van der Waals surface area (Å²) in [6.07, 6.45) is 1.90. The Bertz CT molecular complexity index is 1870. The van der Waals surface area contributed by atoms with Gasteiger partial charge in [0.25, 0.3) is 5.91 Å². The predicted molar refractivity (Wildman–Crippen MR) is 210 cm³/mol. The first kappa shape index (κ1) is 40.1. The van der Waals surface area contributed by atoms with Crippen molar-refractivity contribution in [2.24, 2.45) is 17.8 Å². The van der Waals surface area contributed by atoms with E-state index in [4.69, 9.17) is 4.42 Å². The zero-order valence-electron chi connectivity index (χ0n) is 32.2. The van der Waals surface area contributed by atoms with Crippen LogP contribution in [0.5, 0.6) is 0 Å². The summed E-state index contributed by atoms with van der Waals surface area (Å²) in [5.41, 5.74) is 6.26. The topological polar surface area (TPSA) is 117 Å². The first-order chi connectivity index (χ1) is 24.7. The first-order valence-electron chi connectivity index (χ1n) is 18.8. The Morgan fingerprint density at radius 2 is 1.48 bits per heavy atom. The Morgan fingerprint density at radius 1 is 0.808 bits per heavy atom. The number of carbonyl (C=O) groups is 4. The number of rotatable bonds is 19. The quantitative estimate of drug-likeness (QED) is 0.0931. The number of furan rings is 1. The second kappa shape index (κ2) is 18.2. The predicted octanol–water partition coefficient (Wildman–Crippen LogP) is 10.1. The van der Waals surface area contributed by atoms with Crippen molar-refractivity contribution in [1.29, 1.82) is 0 Å². The lowest BCUT2D eigenvalue weighted by atomic mass is 9.87. The summed E-state index contributed by atoms with van der Waals surface area (Å²) in [6.45, 7) is 17.7. The van der Waals surface area contributed by atoms with E-state index in [-0.39, 0.29) is 60.5 Å². The van der Waals surface area contributed by atoms with Gasteiger partial charge in [-0.2, -0.15) is 0 Å². The number of benzene rings is 3. The number of hydrogen-bond acceptors (Lipinski definition) is 6. The molecule has 0 saturated carbocycles. The third-order valence-corrected chi connectivity index (χ3v) is 9.61. The van der Waals surface area contributed by atoms with E-state index in [0.29, 0.717) is 41.7 Å². The van der Waals surface area contributed by atoms with Gasteiger partial charge in [0.1, 0.15) is 17.1 Å². The fourth-order valence-corrected chi connectivity index (χ4v) is 7.24. The van der Waals surface area contributed by atoms with Crippen LogP contribution in [0.4, 0.5) is 5.69 Å². The molecule has 1 aromatic heterocycles. The fraction of sp³-hybridized carbons (Fsp3) is 0.455. The molecular formula is C44H56N2O6. The molecule has 0 aliphatic carbocycles. The number of anilines is 1. The first-order valence-corrected chi connectivity index (χ1v) is 18.8. The normalized spacial score (nSPS) is 12.7. The van der Waals surface area contributed by atoms with E-state index < -0.39 is 5.97 Å². The average molecular weight is 709 g/mol. The number of carbonyl (C=O) groups excluding carboxylic acids is 3. The van der Waals surface area contributed by atoms with Crippen molar-refractivity contribution in [2.45, 2.75) is 100.0 Å². The van der Waals surface area contributed by atoms with Gasteiger partial charge in [-0.25, -0.2) is 0 Å². The van der Waals surface area contributed by atoms with Crippen LogP contribution in [-0.2, 0) is 9.59 Å². The molecule has 2 N–H and O–H groups in total. The highest BCUT2D eigenvalue weighted by Crippen LogP contribution is 2.41. The number of nitrogens with one attached hydrogen (secondary N) is 1. The van der Waals surface area contributed by atoms with Gasteiger partial charge in [-0.05, 0) is 75.1 Å². The van der Waals surface area contributed by atoms with Crippen molar-refractivity contribution in [3.63, 3.8) is 0 Å². The van der Waals surface area contributed by atoms with Gasteiger partial charge in [0.05, 0.1) is 5.56 Å². The van der Waals surface area contributed by atoms with E-state index in [1.54, 1.807) is 6.07 Å². The number of fused-ring (bicyclic) bond motifs is 1. The van der Waals surface area contributed by atoms with Crippen LogP contribution in [0.15, 0.2) is 65.1 Å². The molecule has 0 spiro atoms. The molecule has 52 heavy (non-hydrogen) atoms. The molecule has 0 aliphatic heterocycles. The standard InChI is InChI=1S/C44H56N2O6/c1-9-39(48)42-37-25-36(38(46(10-2)11-3)26-40(37)52-43(42)31-17-15-29(8)16-18-31)32-13-12-14-33(23-32)44(51)45-34(20-28(6)7)24-35(47)21-30(19-27(4)5)22-41(49)50/h12-18,23,25-28,30,34H,9-11,19-22,24H2,1-8H3,(H,45,51)(H,49,50)/t30-,34+/m1/s1. The second-order valence-electron chi connectivity index (χ2n) is 14.9. The molecular weight excluding hydrogens is 652 g/mol. The third-order valence-electron chi connectivity index (χ3n) is 9.61. The SMILES string of the molecule is CCC(=O)c1c(-c2ccc(C)cc2)oc2cc(N(CC)CC)c(-c3cccc(C(=O)N[C@H](CC(=O)C[C@H](CC(=O)O)CC(C)C)CC(C)C)c3)cc12. The summed E-state index contributed by atoms with van der Waals surface area (Å²) >= 11 is 0. The average Bonchev–Trinajstić information content (AvgIpc) is 3.46. The van der Waals surface area contributed by atoms with Gasteiger partial charge >= 0.3 is 5.97 Å². The van der Waals surface area contributed by atoms with E-state index in [2.05, 4.69) is 37.9 Å². The lowest BCUT2D eigenvalue weighted by Gasteiger charge is -2.25. The molecule has 0 saturated heterocycles. The molecule has 4 aromatic rings. The van der Waals surface area contributed by atoms with Crippen molar-refractivity contribution in [3.05, 3.63) is 77.4 Å². The van der Waals surface area contributed by atoms with Crippen LogP contribution in [0.1, 0.15) is 113 Å². The molecule has 0 bridgehead atoms. The van der Waals surface area contributed by atoms with Crippen molar-refractivity contribution in [1.82, 2.24) is 5.32 Å². The van der Waals surface area contributed by atoms with Crippen LogP contribution in [0, 0.1) is 24.7 Å². The van der Waals surface area contributed by atoms with Crippen LogP contribution < -0.4 is 10.2 Å². The van der Waals surface area contributed by atoms with Crippen molar-refractivity contribution in [2.75, 3.05) is 18.0 Å². The molecule has 4 rings (SSSR count). The maximum absolute atomic E-state index is 13.9. The van der Waals surface area contributed by atoms with Gasteiger partial charge in [-0.15, -0.1) is 0 Å². The summed E-state index contributed by atoms with van der Waals surface area (Å²) in [6, 6.07) is 19.1. The lowest BCUT2D eigenvalue weighted by Crippen LogP contribution is -2.37. The monoisotopic (exact) mass is 708 g/mol. The Hall–Kier alpha value is -4.72. The second-order valence-corrected chi connectivity index (χ2v) is 14.9. The molecule has 8 heteroatoms. The highest BCUT2D eigenvalue weighted by atomic mass is 16.4. The van der Waals surface area contributed by atoms with Gasteiger partial charge in [-0.3, -0.25) is 19.2 Å². The molecule has 0 radical (unpaired) electrons. The van der Waals surface area contributed by atoms with Gasteiger partial charge in [0.15, 0.2) is 5.78 Å². The fourth-order valence-electron chi connectivity index (χ4n) is 7.24. The van der Waals surface area contributed by atoms with Crippen LogP contribution in [0.2, 0.25) is 0 Å². The van der Waals surface area contributed by atoms with E-state index in [1.165, 1.54) is 0 Å². The third kappa shape index (κ3) is 10.2. The number of ketones is 2. The van der Waals surface area contributed by atoms with Crippen LogP contribution in [-0.4, -0.2) is 47.7 Å². The van der Waals surface area contributed by atoms with Gasteiger partial charge in [0, 0.05) is 78.6 Å². The zero-order chi connectivity index (χ0) is 38.1. The molecule has 0 aliphatic rings. The largest absolute Gasteiger partial charge is 0.481 e. The minimum atomic E-state index is -0.902. The Morgan fingerprint density at radius 3 is 2.08 bits per heavy atom. The summed E-state index contributed by atoms with van der Waals surface area (Å²) in [5, 5.41) is 13.3. The van der Waals surface area contributed by atoms with Gasteiger partial charge in [-0.1, -0.05) is 76.6 Å².